The molecule has 4 heteroatoms. The van der Waals surface area contributed by atoms with Crippen LogP contribution in [0.15, 0.2) is 0 Å². The molecular formula is C5H10HgO3. The minimum absolute atomic E-state index is 0. The molecule has 1 unspecified atom stereocenters. The summed E-state index contributed by atoms with van der Waals surface area (Å²) < 4.78 is 5.89. The Morgan fingerprint density at radius 1 is 1.78 bits per heavy atom. The summed E-state index contributed by atoms with van der Waals surface area (Å²) in [6.07, 6.45) is 0.163. The van der Waals surface area contributed by atoms with E-state index in [1.54, 1.807) is 0 Å². The molecular weight excluding hydrogens is 305 g/mol. The smallest absolute Gasteiger partial charge is 0.870 e. The van der Waals surface area contributed by atoms with E-state index < -0.39 is 0 Å². The van der Waals surface area contributed by atoms with Gasteiger partial charge in [0.2, 0.25) is 0 Å². The molecule has 0 aromatic rings. The van der Waals surface area contributed by atoms with E-state index in [-0.39, 0.29) is 17.5 Å². The number of carbonyl (C=O) groups is 1. The van der Waals surface area contributed by atoms with Gasteiger partial charge in [-0.25, -0.2) is 0 Å². The molecule has 0 amide bonds. The molecule has 0 bridgehead atoms. The fourth-order valence-corrected chi connectivity index (χ4v) is 0.800. The number of hydrogen-bond acceptors (Lipinski definition) is 3. The van der Waals surface area contributed by atoms with Gasteiger partial charge in [-0.1, -0.05) is 0 Å². The second kappa shape index (κ2) is 6.48. The maximum atomic E-state index is 10.2. The molecule has 1 atom stereocenters. The van der Waals surface area contributed by atoms with Crippen LogP contribution in [0.5, 0.6) is 0 Å². The second-order valence-corrected chi connectivity index (χ2v) is 3.95. The summed E-state index contributed by atoms with van der Waals surface area (Å²) in [5.74, 6) is -0.164. The fraction of sp³-hybridized carbons (Fsp3) is 0.800. The average Bonchev–Trinajstić information content (AvgIpc) is 1.65. The summed E-state index contributed by atoms with van der Waals surface area (Å²) in [7, 11) is 0. The summed E-state index contributed by atoms with van der Waals surface area (Å²) in [5, 5.41) is 0. The first-order valence-corrected chi connectivity index (χ1v) is 6.52. The van der Waals surface area contributed by atoms with Crippen LogP contribution in [0.1, 0.15) is 13.8 Å². The number of rotatable bonds is 2. The minimum atomic E-state index is -0.164. The number of ether oxygens (including phenoxy) is 1. The van der Waals surface area contributed by atoms with Crippen LogP contribution in [0.3, 0.4) is 0 Å². The first-order valence-electron chi connectivity index (χ1n) is 2.63. The van der Waals surface area contributed by atoms with Crippen LogP contribution in [0.25, 0.3) is 0 Å². The molecule has 0 aromatic heterocycles. The first-order chi connectivity index (χ1) is 3.66. The van der Waals surface area contributed by atoms with E-state index in [2.05, 4.69) is 0 Å². The maximum absolute atomic E-state index is 10.2. The Morgan fingerprint density at radius 2 is 2.22 bits per heavy atom. The van der Waals surface area contributed by atoms with E-state index in [1.807, 2.05) is 6.92 Å². The van der Waals surface area contributed by atoms with Crippen molar-refractivity contribution in [1.82, 2.24) is 0 Å². The van der Waals surface area contributed by atoms with Crippen molar-refractivity contribution in [2.75, 3.05) is 0 Å². The Balaban J connectivity index is 0. The van der Waals surface area contributed by atoms with E-state index in [0.29, 0.717) is 0 Å². The van der Waals surface area contributed by atoms with Crippen molar-refractivity contribution in [2.24, 2.45) is 0 Å². The molecule has 0 saturated heterocycles. The van der Waals surface area contributed by atoms with Gasteiger partial charge in [0.05, 0.1) is 0 Å². The zero-order valence-electron chi connectivity index (χ0n) is 5.76. The van der Waals surface area contributed by atoms with Gasteiger partial charge in [-0.3, -0.25) is 0 Å². The van der Waals surface area contributed by atoms with Gasteiger partial charge in [0.25, 0.3) is 0 Å². The van der Waals surface area contributed by atoms with Crippen LogP contribution < -0.4 is 0 Å². The van der Waals surface area contributed by atoms with Crippen LogP contribution in [-0.2, 0) is 35.7 Å². The molecule has 0 aromatic carbocycles. The van der Waals surface area contributed by atoms with E-state index in [4.69, 9.17) is 4.74 Å². The van der Waals surface area contributed by atoms with E-state index >= 15 is 0 Å². The Bertz CT molecular complexity index is 84.3. The zero-order valence-corrected chi connectivity index (χ0v) is 11.3. The number of esters is 1. The largest absolute Gasteiger partial charge is 0.870 e. The van der Waals surface area contributed by atoms with Crippen molar-refractivity contribution in [1.29, 1.82) is 0 Å². The van der Waals surface area contributed by atoms with E-state index in [9.17, 15) is 4.79 Å². The van der Waals surface area contributed by atoms with E-state index in [0.717, 1.165) is 30.1 Å². The van der Waals surface area contributed by atoms with Crippen molar-refractivity contribution in [3.63, 3.8) is 0 Å². The Morgan fingerprint density at radius 3 is 2.33 bits per heavy atom. The molecule has 0 radical (unpaired) electrons. The quantitative estimate of drug-likeness (QED) is 0.557. The average molecular weight is 315 g/mol. The monoisotopic (exact) mass is 315 g/mol. The fourth-order valence-electron chi connectivity index (χ4n) is 0.342. The van der Waals surface area contributed by atoms with Crippen LogP contribution in [0.4, 0.5) is 0 Å². The van der Waals surface area contributed by atoms with Gasteiger partial charge in [-0.05, 0) is 0 Å². The summed E-state index contributed by atoms with van der Waals surface area (Å²) in [4.78, 5) is 10.2. The zero-order chi connectivity index (χ0) is 6.57. The van der Waals surface area contributed by atoms with Gasteiger partial charge in [-0.15, -0.1) is 0 Å². The summed E-state index contributed by atoms with van der Waals surface area (Å²) in [6, 6.07) is 0. The minimum Gasteiger partial charge on any atom is -0.870 e. The molecule has 0 heterocycles. The second-order valence-electron chi connectivity index (χ2n) is 1.71. The molecule has 0 spiro atoms. The third-order valence-corrected chi connectivity index (χ3v) is 3.93. The van der Waals surface area contributed by atoms with Gasteiger partial charge in [-0.2, -0.15) is 0 Å². The summed E-state index contributed by atoms with van der Waals surface area (Å²) in [6.45, 7) is 3.37. The van der Waals surface area contributed by atoms with Gasteiger partial charge in [0.15, 0.2) is 0 Å². The normalized spacial score (nSPS) is 11.6. The number of hydrogen-bond donors (Lipinski definition) is 0. The number of carbonyl (C=O) groups excluding carboxylic acids is 1. The molecule has 0 aliphatic carbocycles. The van der Waals surface area contributed by atoms with Crippen LogP contribution in [-0.4, -0.2) is 17.5 Å². The first kappa shape index (κ1) is 12.1. The molecule has 0 rings (SSSR count). The molecule has 0 saturated carbocycles. The Kier molecular flexibility index (Phi) is 8.70. The molecule has 0 aliphatic heterocycles. The molecule has 50 valence electrons. The standard InChI is InChI=1S/C5H9O2.Hg.H2O/c1-4(2)7-5(3)6;;/h4H,1H2,2-3H3;;1H2/q;+1;/p-1/i;1-4;. The third kappa shape index (κ3) is 8.37. The van der Waals surface area contributed by atoms with Gasteiger partial charge in [0.1, 0.15) is 0 Å². The third-order valence-electron chi connectivity index (χ3n) is 0.774. The van der Waals surface area contributed by atoms with Gasteiger partial charge < -0.3 is 5.48 Å². The summed E-state index contributed by atoms with van der Waals surface area (Å²) >= 11 is 0.750. The Hall–Kier alpha value is 0.365. The van der Waals surface area contributed by atoms with Crippen molar-refractivity contribution >= 4 is 5.97 Å². The van der Waals surface area contributed by atoms with Crippen molar-refractivity contribution in [3.05, 3.63) is 0 Å². The Labute approximate surface area is 71.0 Å². The molecule has 0 fully saturated rings. The summed E-state index contributed by atoms with van der Waals surface area (Å²) in [5.41, 5.74) is 0. The van der Waals surface area contributed by atoms with Gasteiger partial charge >= 0.3 is 65.5 Å². The molecule has 1 N–H and O–H groups in total. The SMILES string of the molecule is CC(=O)OC(C)[CH2][197Hg+].[OH-]. The van der Waals surface area contributed by atoms with Crippen molar-refractivity contribution in [3.8, 4) is 0 Å². The molecule has 0 aliphatic rings. The van der Waals surface area contributed by atoms with Gasteiger partial charge in [0, 0.05) is 0 Å². The maximum Gasteiger partial charge on any atom is -0.870 e. The van der Waals surface area contributed by atoms with Crippen molar-refractivity contribution in [2.45, 2.75) is 23.9 Å². The topological polar surface area (TPSA) is 56.3 Å². The predicted molar refractivity (Wildman–Crippen MR) is 28.0 cm³/mol. The molecule has 9 heavy (non-hydrogen) atoms. The van der Waals surface area contributed by atoms with Crippen LogP contribution in [0, 0.1) is 0 Å². The predicted octanol–water partition coefficient (Wildman–Crippen LogP) is 0.726. The van der Waals surface area contributed by atoms with Crippen LogP contribution in [0.2, 0.25) is 3.93 Å². The van der Waals surface area contributed by atoms with E-state index in [1.165, 1.54) is 6.92 Å². The van der Waals surface area contributed by atoms with Crippen LogP contribution >= 0.6 is 0 Å². The molecule has 3 nitrogen and oxygen atoms in total. The van der Waals surface area contributed by atoms with Crippen molar-refractivity contribution < 1.29 is 41.1 Å².